The number of carbonyl (C=O) groups excluding carboxylic acids is 1. The lowest BCUT2D eigenvalue weighted by Gasteiger charge is -2.19. The van der Waals surface area contributed by atoms with Gasteiger partial charge in [-0.05, 0) is 54.4 Å². The number of primary amides is 1. The molecule has 0 saturated heterocycles. The lowest BCUT2D eigenvalue weighted by atomic mass is 10.1. The van der Waals surface area contributed by atoms with Gasteiger partial charge in [0.15, 0.2) is 0 Å². The number of alkyl halides is 3. The maximum Gasteiger partial charge on any atom is 0.421 e. The SMILES string of the molecule is Cc1ccc(N(C)S(C)(=O)=O)cc1CNc1nc(Nc2ccc(C(N)=O)cc2)ncc1C(F)(F)F. The number of nitrogens with zero attached hydrogens (tertiary/aromatic N) is 3. The van der Waals surface area contributed by atoms with Gasteiger partial charge in [-0.3, -0.25) is 9.10 Å². The van der Waals surface area contributed by atoms with Crippen LogP contribution in [0, 0.1) is 6.92 Å². The highest BCUT2D eigenvalue weighted by molar-refractivity contribution is 7.92. The van der Waals surface area contributed by atoms with Crippen molar-refractivity contribution in [2.45, 2.75) is 19.6 Å². The molecule has 0 unspecified atom stereocenters. The number of nitrogens with two attached hydrogens (primary N) is 1. The molecule has 3 rings (SSSR count). The fraction of sp³-hybridized carbons (Fsp3) is 0.227. The Morgan fingerprint density at radius 3 is 2.37 bits per heavy atom. The van der Waals surface area contributed by atoms with E-state index in [4.69, 9.17) is 5.73 Å². The number of sulfonamides is 1. The molecular weight excluding hydrogens is 485 g/mol. The number of amides is 1. The summed E-state index contributed by atoms with van der Waals surface area (Å²) in [6.07, 6.45) is -3.00. The van der Waals surface area contributed by atoms with E-state index in [1.807, 2.05) is 0 Å². The maximum absolute atomic E-state index is 13.6. The number of hydrogen-bond donors (Lipinski definition) is 3. The molecule has 13 heteroatoms. The third kappa shape index (κ3) is 6.38. The first kappa shape index (κ1) is 25.7. The second-order valence-corrected chi connectivity index (χ2v) is 9.73. The summed E-state index contributed by atoms with van der Waals surface area (Å²) >= 11 is 0. The Hall–Kier alpha value is -3.87. The number of carbonyl (C=O) groups is 1. The second-order valence-electron chi connectivity index (χ2n) is 7.72. The first-order valence-electron chi connectivity index (χ1n) is 10.1. The van der Waals surface area contributed by atoms with Crippen molar-refractivity contribution < 1.29 is 26.4 Å². The van der Waals surface area contributed by atoms with Crippen LogP contribution >= 0.6 is 0 Å². The van der Waals surface area contributed by atoms with Gasteiger partial charge in [0.05, 0.1) is 11.9 Å². The molecule has 0 aliphatic carbocycles. The number of hydrogen-bond acceptors (Lipinski definition) is 7. The molecule has 4 N–H and O–H groups in total. The average Bonchev–Trinajstić information content (AvgIpc) is 2.77. The first-order chi connectivity index (χ1) is 16.3. The summed E-state index contributed by atoms with van der Waals surface area (Å²) in [6.45, 7) is 1.71. The van der Waals surface area contributed by atoms with E-state index in [0.29, 0.717) is 23.1 Å². The van der Waals surface area contributed by atoms with Crippen molar-refractivity contribution in [3.8, 4) is 0 Å². The summed E-state index contributed by atoms with van der Waals surface area (Å²) in [6, 6.07) is 10.8. The Bertz CT molecular complexity index is 1350. The standard InChI is InChI=1S/C22H23F3N6O3S/c1-13-4-9-17(31(2)35(3,33)34)10-15(13)11-27-20-18(22(23,24)25)12-28-21(30-20)29-16-7-5-14(6-8-16)19(26)32/h4-10,12H,11H2,1-3H3,(H2,26,32)(H2,27,28,29,30). The molecule has 0 saturated carbocycles. The third-order valence-electron chi connectivity index (χ3n) is 5.16. The zero-order valence-electron chi connectivity index (χ0n) is 19.0. The van der Waals surface area contributed by atoms with Crippen LogP contribution in [0.25, 0.3) is 0 Å². The van der Waals surface area contributed by atoms with Crippen LogP contribution in [0.1, 0.15) is 27.0 Å². The van der Waals surface area contributed by atoms with Gasteiger partial charge < -0.3 is 16.4 Å². The molecule has 2 aromatic carbocycles. The van der Waals surface area contributed by atoms with E-state index in [1.54, 1.807) is 25.1 Å². The molecular formula is C22H23F3N6O3S. The highest BCUT2D eigenvalue weighted by Crippen LogP contribution is 2.34. The van der Waals surface area contributed by atoms with Crippen LogP contribution in [0.15, 0.2) is 48.7 Å². The summed E-state index contributed by atoms with van der Waals surface area (Å²) in [5.74, 6) is -1.17. The minimum atomic E-state index is -4.71. The Labute approximate surface area is 200 Å². The largest absolute Gasteiger partial charge is 0.421 e. The molecule has 3 aromatic rings. The van der Waals surface area contributed by atoms with Crippen LogP contribution in [0.5, 0.6) is 0 Å². The van der Waals surface area contributed by atoms with E-state index in [9.17, 15) is 26.4 Å². The Kier molecular flexibility index (Phi) is 7.19. The van der Waals surface area contributed by atoms with E-state index < -0.39 is 33.5 Å². The molecule has 9 nitrogen and oxygen atoms in total. The van der Waals surface area contributed by atoms with Gasteiger partial charge in [0, 0.05) is 31.0 Å². The predicted octanol–water partition coefficient (Wildman–Crippen LogP) is 3.65. The maximum atomic E-state index is 13.6. The molecule has 0 bridgehead atoms. The molecule has 0 spiro atoms. The molecule has 1 heterocycles. The van der Waals surface area contributed by atoms with Crippen LogP contribution in [-0.2, 0) is 22.7 Å². The Morgan fingerprint density at radius 2 is 1.80 bits per heavy atom. The number of rotatable bonds is 8. The van der Waals surface area contributed by atoms with E-state index in [2.05, 4.69) is 20.6 Å². The van der Waals surface area contributed by atoms with Gasteiger partial charge in [-0.2, -0.15) is 18.2 Å². The number of halogens is 3. The van der Waals surface area contributed by atoms with Crippen molar-refractivity contribution in [3.05, 3.63) is 70.9 Å². The fourth-order valence-electron chi connectivity index (χ4n) is 3.05. The second kappa shape index (κ2) is 9.78. The third-order valence-corrected chi connectivity index (χ3v) is 6.37. The van der Waals surface area contributed by atoms with Crippen molar-refractivity contribution in [2.24, 2.45) is 5.73 Å². The quantitative estimate of drug-likeness (QED) is 0.423. The summed E-state index contributed by atoms with van der Waals surface area (Å²) in [5.41, 5.74) is 6.55. The molecule has 1 aromatic heterocycles. The summed E-state index contributed by atoms with van der Waals surface area (Å²) < 4.78 is 65.5. The zero-order valence-corrected chi connectivity index (χ0v) is 19.8. The van der Waals surface area contributed by atoms with Crippen LogP contribution in [0.2, 0.25) is 0 Å². The van der Waals surface area contributed by atoms with Gasteiger partial charge in [-0.15, -0.1) is 0 Å². The van der Waals surface area contributed by atoms with Gasteiger partial charge in [0.2, 0.25) is 21.9 Å². The lowest BCUT2D eigenvalue weighted by Crippen LogP contribution is -2.25. The van der Waals surface area contributed by atoms with Gasteiger partial charge in [-0.1, -0.05) is 6.07 Å². The van der Waals surface area contributed by atoms with Crippen molar-refractivity contribution >= 4 is 39.1 Å². The number of aryl methyl sites for hydroxylation is 1. The molecule has 1 amide bonds. The molecule has 0 aliphatic rings. The molecule has 186 valence electrons. The van der Waals surface area contributed by atoms with E-state index in [-0.39, 0.29) is 18.1 Å². The Morgan fingerprint density at radius 1 is 1.14 bits per heavy atom. The Balaban J connectivity index is 1.88. The predicted molar refractivity (Wildman–Crippen MR) is 127 cm³/mol. The van der Waals surface area contributed by atoms with Crippen LogP contribution in [0.4, 0.5) is 36.3 Å². The van der Waals surface area contributed by atoms with Crippen molar-refractivity contribution in [3.63, 3.8) is 0 Å². The van der Waals surface area contributed by atoms with Crippen molar-refractivity contribution in [1.29, 1.82) is 0 Å². The first-order valence-corrected chi connectivity index (χ1v) is 12.0. The highest BCUT2D eigenvalue weighted by atomic mass is 32.2. The molecule has 35 heavy (non-hydrogen) atoms. The minimum Gasteiger partial charge on any atom is -0.366 e. The normalized spacial score (nSPS) is 11.7. The molecule has 0 fully saturated rings. The number of benzene rings is 2. The number of anilines is 4. The number of nitrogens with one attached hydrogen (secondary N) is 2. The van der Waals surface area contributed by atoms with Crippen LogP contribution in [-0.4, -0.2) is 37.6 Å². The minimum absolute atomic E-state index is 0.0515. The van der Waals surface area contributed by atoms with Gasteiger partial charge in [-0.25, -0.2) is 13.4 Å². The highest BCUT2D eigenvalue weighted by Gasteiger charge is 2.35. The van der Waals surface area contributed by atoms with Gasteiger partial charge in [0.25, 0.3) is 0 Å². The van der Waals surface area contributed by atoms with E-state index in [0.717, 1.165) is 16.1 Å². The zero-order chi connectivity index (χ0) is 26.0. The van der Waals surface area contributed by atoms with Crippen molar-refractivity contribution in [2.75, 3.05) is 28.2 Å². The topological polar surface area (TPSA) is 130 Å². The average molecular weight is 509 g/mol. The fourth-order valence-corrected chi connectivity index (χ4v) is 3.54. The van der Waals surface area contributed by atoms with Crippen LogP contribution in [0.3, 0.4) is 0 Å². The monoisotopic (exact) mass is 508 g/mol. The van der Waals surface area contributed by atoms with E-state index in [1.165, 1.54) is 31.3 Å². The smallest absolute Gasteiger partial charge is 0.366 e. The van der Waals surface area contributed by atoms with E-state index >= 15 is 0 Å². The van der Waals surface area contributed by atoms with Gasteiger partial charge >= 0.3 is 6.18 Å². The van der Waals surface area contributed by atoms with Crippen molar-refractivity contribution in [1.82, 2.24) is 9.97 Å². The lowest BCUT2D eigenvalue weighted by molar-refractivity contribution is -0.137. The summed E-state index contributed by atoms with van der Waals surface area (Å²) in [5, 5.41) is 5.48. The molecule has 0 radical (unpaired) electrons. The van der Waals surface area contributed by atoms with Gasteiger partial charge in [0.1, 0.15) is 11.4 Å². The molecule has 0 atom stereocenters. The summed E-state index contributed by atoms with van der Waals surface area (Å²) in [7, 11) is -2.13. The van der Waals surface area contributed by atoms with Crippen LogP contribution < -0.4 is 20.7 Å². The number of aromatic nitrogens is 2. The molecule has 0 aliphatic heterocycles. The summed E-state index contributed by atoms with van der Waals surface area (Å²) in [4.78, 5) is 18.9.